The van der Waals surface area contributed by atoms with Gasteiger partial charge in [0.05, 0.1) is 17.5 Å². The zero-order valence-corrected chi connectivity index (χ0v) is 5.72. The van der Waals surface area contributed by atoms with Gasteiger partial charge >= 0.3 is 0 Å². The molecule has 4 nitrogen and oxygen atoms in total. The van der Waals surface area contributed by atoms with Gasteiger partial charge in [0.2, 0.25) is 0 Å². The van der Waals surface area contributed by atoms with Crippen LogP contribution in [0.25, 0.3) is 0 Å². The number of carbonyl (C=O) groups excluding carboxylic acids is 1. The van der Waals surface area contributed by atoms with E-state index < -0.39 is 0 Å². The highest BCUT2D eigenvalue weighted by Gasteiger charge is 2.06. The maximum Gasteiger partial charge on any atom is 0.163 e. The van der Waals surface area contributed by atoms with Gasteiger partial charge in [-0.05, 0) is 6.92 Å². The van der Waals surface area contributed by atoms with E-state index in [1.165, 1.54) is 13.1 Å². The van der Waals surface area contributed by atoms with Crippen LogP contribution in [0.1, 0.15) is 23.0 Å². The molecule has 0 unspecified atom stereocenters. The minimum atomic E-state index is -0.00537. The van der Waals surface area contributed by atoms with Crippen LogP contribution in [0, 0.1) is 0 Å². The summed E-state index contributed by atoms with van der Waals surface area (Å²) >= 11 is 0. The van der Waals surface area contributed by atoms with Crippen LogP contribution in [-0.2, 0) is 6.54 Å². The van der Waals surface area contributed by atoms with Crippen molar-refractivity contribution in [1.29, 1.82) is 0 Å². The number of rotatable bonds is 2. The number of nitrogens with one attached hydrogen (secondary N) is 1. The molecule has 1 rings (SSSR count). The zero-order valence-electron chi connectivity index (χ0n) is 5.72. The van der Waals surface area contributed by atoms with Gasteiger partial charge in [-0.1, -0.05) is 0 Å². The summed E-state index contributed by atoms with van der Waals surface area (Å²) in [6.07, 6.45) is 1.49. The predicted octanol–water partition coefficient (Wildman–Crippen LogP) is 0.0710. The van der Waals surface area contributed by atoms with Gasteiger partial charge in [0.1, 0.15) is 0 Å². The molecule has 0 aliphatic heterocycles. The highest BCUT2D eigenvalue weighted by molar-refractivity contribution is 5.94. The van der Waals surface area contributed by atoms with Crippen molar-refractivity contribution < 1.29 is 4.79 Å². The van der Waals surface area contributed by atoms with Crippen LogP contribution < -0.4 is 5.73 Å². The van der Waals surface area contributed by atoms with Gasteiger partial charge in [0.25, 0.3) is 0 Å². The van der Waals surface area contributed by atoms with Gasteiger partial charge in [0.15, 0.2) is 5.78 Å². The Bertz CT molecular complexity index is 241. The average Bonchev–Trinajstić information content (AvgIpc) is 2.33. The Morgan fingerprint density at radius 3 is 3.00 bits per heavy atom. The zero-order chi connectivity index (χ0) is 7.56. The molecule has 3 N–H and O–H groups in total. The number of nitrogens with zero attached hydrogens (tertiary/aromatic N) is 1. The van der Waals surface area contributed by atoms with E-state index in [0.717, 1.165) is 0 Å². The Labute approximate surface area is 58.4 Å². The minimum Gasteiger partial charge on any atom is -0.325 e. The lowest BCUT2D eigenvalue weighted by Crippen LogP contribution is -2.02. The molecule has 0 saturated carbocycles. The molecule has 0 saturated heterocycles. The third-order valence-corrected chi connectivity index (χ3v) is 1.30. The SMILES string of the molecule is CC(=O)c1cn[nH]c1CN. The molecule has 1 heterocycles. The number of aromatic amines is 1. The number of ketones is 1. The van der Waals surface area contributed by atoms with E-state index in [9.17, 15) is 4.79 Å². The summed E-state index contributed by atoms with van der Waals surface area (Å²) in [5, 5.41) is 6.33. The van der Waals surface area contributed by atoms with E-state index in [1.807, 2.05) is 0 Å². The summed E-state index contributed by atoms with van der Waals surface area (Å²) in [4.78, 5) is 10.8. The van der Waals surface area contributed by atoms with Crippen molar-refractivity contribution in [2.75, 3.05) is 0 Å². The molecule has 0 radical (unpaired) electrons. The van der Waals surface area contributed by atoms with Gasteiger partial charge in [-0.3, -0.25) is 9.89 Å². The van der Waals surface area contributed by atoms with Gasteiger partial charge in [0, 0.05) is 6.54 Å². The van der Waals surface area contributed by atoms with Crippen molar-refractivity contribution in [3.63, 3.8) is 0 Å². The van der Waals surface area contributed by atoms with Gasteiger partial charge in [-0.25, -0.2) is 0 Å². The van der Waals surface area contributed by atoms with Crippen molar-refractivity contribution in [1.82, 2.24) is 10.2 Å². The molecule has 0 amide bonds. The minimum absolute atomic E-state index is 0.00537. The quantitative estimate of drug-likeness (QED) is 0.569. The fourth-order valence-corrected chi connectivity index (χ4v) is 0.772. The van der Waals surface area contributed by atoms with E-state index >= 15 is 0 Å². The third-order valence-electron chi connectivity index (χ3n) is 1.30. The molecule has 0 spiro atoms. The van der Waals surface area contributed by atoms with Crippen LogP contribution in [0.15, 0.2) is 6.20 Å². The van der Waals surface area contributed by atoms with Crippen LogP contribution in [0.3, 0.4) is 0 Å². The van der Waals surface area contributed by atoms with Crippen molar-refractivity contribution >= 4 is 5.78 Å². The van der Waals surface area contributed by atoms with Crippen LogP contribution in [0.2, 0.25) is 0 Å². The number of nitrogens with two attached hydrogens (primary N) is 1. The fraction of sp³-hybridized carbons (Fsp3) is 0.333. The molecule has 54 valence electrons. The van der Waals surface area contributed by atoms with E-state index in [0.29, 0.717) is 17.8 Å². The van der Waals surface area contributed by atoms with Crippen molar-refractivity contribution in [3.05, 3.63) is 17.5 Å². The summed E-state index contributed by atoms with van der Waals surface area (Å²) in [5.74, 6) is -0.00537. The molecule has 10 heavy (non-hydrogen) atoms. The lowest BCUT2D eigenvalue weighted by atomic mass is 10.2. The first-order valence-corrected chi connectivity index (χ1v) is 2.99. The first-order chi connectivity index (χ1) is 4.75. The molecule has 0 aliphatic rings. The standard InChI is InChI=1S/C6H9N3O/c1-4(10)5-3-8-9-6(5)2-7/h3H,2,7H2,1H3,(H,8,9). The molecule has 1 aromatic rings. The average molecular weight is 139 g/mol. The van der Waals surface area contributed by atoms with Crippen molar-refractivity contribution in [3.8, 4) is 0 Å². The van der Waals surface area contributed by atoms with E-state index in [-0.39, 0.29) is 5.78 Å². The number of aromatic nitrogens is 2. The van der Waals surface area contributed by atoms with Crippen LogP contribution >= 0.6 is 0 Å². The normalized spacial score (nSPS) is 9.80. The molecule has 1 aromatic heterocycles. The monoisotopic (exact) mass is 139 g/mol. The number of hydrogen-bond donors (Lipinski definition) is 2. The molecule has 0 aliphatic carbocycles. The maximum atomic E-state index is 10.8. The summed E-state index contributed by atoms with van der Waals surface area (Å²) in [5.41, 5.74) is 6.60. The smallest absolute Gasteiger partial charge is 0.163 e. The summed E-state index contributed by atoms with van der Waals surface area (Å²) in [6.45, 7) is 1.82. The lowest BCUT2D eigenvalue weighted by Gasteiger charge is -1.91. The number of carbonyl (C=O) groups is 1. The number of H-pyrrole nitrogens is 1. The van der Waals surface area contributed by atoms with E-state index in [1.54, 1.807) is 0 Å². The number of hydrogen-bond acceptors (Lipinski definition) is 3. The van der Waals surface area contributed by atoms with Crippen molar-refractivity contribution in [2.45, 2.75) is 13.5 Å². The Hall–Kier alpha value is -1.16. The molecular formula is C6H9N3O. The van der Waals surface area contributed by atoms with Crippen LogP contribution in [0.4, 0.5) is 0 Å². The van der Waals surface area contributed by atoms with E-state index in [2.05, 4.69) is 10.2 Å². The highest BCUT2D eigenvalue weighted by atomic mass is 16.1. The molecule has 0 bridgehead atoms. The van der Waals surface area contributed by atoms with E-state index in [4.69, 9.17) is 5.73 Å². The summed E-state index contributed by atoms with van der Waals surface area (Å²) < 4.78 is 0. The van der Waals surface area contributed by atoms with Crippen LogP contribution in [0.5, 0.6) is 0 Å². The topological polar surface area (TPSA) is 71.8 Å². The third kappa shape index (κ3) is 1.06. The highest BCUT2D eigenvalue weighted by Crippen LogP contribution is 2.02. The molecular weight excluding hydrogens is 130 g/mol. The second-order valence-corrected chi connectivity index (χ2v) is 2.02. The maximum absolute atomic E-state index is 10.8. The Kier molecular flexibility index (Phi) is 1.82. The fourth-order valence-electron chi connectivity index (χ4n) is 0.772. The Morgan fingerprint density at radius 2 is 2.60 bits per heavy atom. The predicted molar refractivity (Wildman–Crippen MR) is 36.5 cm³/mol. The number of Topliss-reactive ketones (excluding diaryl/α,β-unsaturated/α-hetero) is 1. The largest absolute Gasteiger partial charge is 0.325 e. The molecule has 0 fully saturated rings. The van der Waals surface area contributed by atoms with Crippen molar-refractivity contribution in [2.24, 2.45) is 5.73 Å². The molecule has 4 heteroatoms. The van der Waals surface area contributed by atoms with Gasteiger partial charge in [-0.15, -0.1) is 0 Å². The summed E-state index contributed by atoms with van der Waals surface area (Å²) in [7, 11) is 0. The second kappa shape index (κ2) is 2.62. The van der Waals surface area contributed by atoms with Gasteiger partial charge in [-0.2, -0.15) is 5.10 Å². The van der Waals surface area contributed by atoms with Crippen LogP contribution in [-0.4, -0.2) is 16.0 Å². The van der Waals surface area contributed by atoms with Gasteiger partial charge < -0.3 is 5.73 Å². The first-order valence-electron chi connectivity index (χ1n) is 2.99. The first kappa shape index (κ1) is 6.95. The lowest BCUT2D eigenvalue weighted by molar-refractivity contribution is 0.101. The Morgan fingerprint density at radius 1 is 1.90 bits per heavy atom. The Balaban J connectivity index is 3.01. The second-order valence-electron chi connectivity index (χ2n) is 2.02. The summed E-state index contributed by atoms with van der Waals surface area (Å²) in [6, 6.07) is 0. The molecule has 0 atom stereocenters. The molecule has 0 aromatic carbocycles.